The zero-order chi connectivity index (χ0) is 11.4. The van der Waals surface area contributed by atoms with Crippen LogP contribution < -0.4 is 10.6 Å². The number of hydrogen-bond acceptors (Lipinski definition) is 1. The number of benzene rings is 1. The van der Waals surface area contributed by atoms with Crippen LogP contribution in [0, 0.1) is 0 Å². The molecular weight excluding hydrogens is 212 g/mol. The normalized spacial score (nSPS) is 14.6. The van der Waals surface area contributed by atoms with Crippen molar-refractivity contribution in [3.8, 4) is 0 Å². The third kappa shape index (κ3) is 3.53. The molecule has 0 bridgehead atoms. The average molecular weight is 228 g/mol. The Hall–Kier alpha value is -1.06. The number of carbonyl (C=O) groups is 1. The van der Waals surface area contributed by atoms with Gasteiger partial charge in [-0.1, -0.05) is 23.7 Å². The lowest BCUT2D eigenvalue weighted by Gasteiger charge is -2.18. The van der Waals surface area contributed by atoms with Crippen molar-refractivity contribution >= 4 is 17.5 Å². The van der Waals surface area contributed by atoms with E-state index in [0.29, 0.717) is 5.02 Å². The highest BCUT2D eigenvalue weighted by molar-refractivity contribution is 6.30. The second-order valence-corrected chi connectivity index (χ2v) is 4.21. The minimum atomic E-state index is -0.283. The molecular formula is C11H16ClN2O+. The molecule has 0 saturated carbocycles. The second-order valence-electron chi connectivity index (χ2n) is 3.78. The number of primary amides is 1. The van der Waals surface area contributed by atoms with E-state index in [1.165, 1.54) is 0 Å². The first-order chi connectivity index (χ1) is 7.00. The number of likely N-dealkylation sites (N-methyl/N-ethyl adjacent to an activating group) is 1. The monoisotopic (exact) mass is 227 g/mol. The van der Waals surface area contributed by atoms with Crippen molar-refractivity contribution in [1.29, 1.82) is 0 Å². The van der Waals surface area contributed by atoms with Gasteiger partial charge in [-0.15, -0.1) is 0 Å². The smallest absolute Gasteiger partial charge is 0.275 e. The van der Waals surface area contributed by atoms with Crippen LogP contribution in [-0.2, 0) is 11.3 Å². The quantitative estimate of drug-likeness (QED) is 0.760. The van der Waals surface area contributed by atoms with Gasteiger partial charge < -0.3 is 10.6 Å². The fourth-order valence-corrected chi connectivity index (χ4v) is 1.58. The van der Waals surface area contributed by atoms with Crippen LogP contribution in [0.4, 0.5) is 0 Å². The van der Waals surface area contributed by atoms with Crippen molar-refractivity contribution < 1.29 is 9.69 Å². The Balaban J connectivity index is 2.66. The van der Waals surface area contributed by atoms with E-state index in [0.717, 1.165) is 17.0 Å². The van der Waals surface area contributed by atoms with E-state index in [1.54, 1.807) is 0 Å². The number of nitrogens with two attached hydrogens (primary N) is 1. The summed E-state index contributed by atoms with van der Waals surface area (Å²) in [6.45, 7) is 2.56. The molecule has 2 atom stereocenters. The van der Waals surface area contributed by atoms with E-state index in [2.05, 4.69) is 0 Å². The molecule has 0 aliphatic carbocycles. The summed E-state index contributed by atoms with van der Waals surface area (Å²) in [5, 5.41) is 0.715. The molecule has 0 heterocycles. The highest BCUT2D eigenvalue weighted by atomic mass is 35.5. The zero-order valence-corrected chi connectivity index (χ0v) is 9.71. The minimum absolute atomic E-state index is 0.191. The molecule has 0 aliphatic rings. The van der Waals surface area contributed by atoms with Crippen LogP contribution in [0.3, 0.4) is 0 Å². The predicted molar refractivity (Wildman–Crippen MR) is 60.7 cm³/mol. The van der Waals surface area contributed by atoms with Crippen LogP contribution in [-0.4, -0.2) is 19.0 Å². The first kappa shape index (κ1) is 12.0. The third-order valence-electron chi connectivity index (χ3n) is 2.54. The number of quaternary nitrogens is 1. The van der Waals surface area contributed by atoms with Gasteiger partial charge in [0.05, 0.1) is 7.05 Å². The molecule has 1 aromatic rings. The number of hydrogen-bond donors (Lipinski definition) is 2. The van der Waals surface area contributed by atoms with Crippen LogP contribution >= 0.6 is 11.6 Å². The Morgan fingerprint density at radius 2 is 2.27 bits per heavy atom. The largest absolute Gasteiger partial charge is 0.365 e. The van der Waals surface area contributed by atoms with Crippen molar-refractivity contribution in [2.24, 2.45) is 5.73 Å². The first-order valence-electron chi connectivity index (χ1n) is 4.86. The lowest BCUT2D eigenvalue weighted by molar-refractivity contribution is -0.908. The Labute approximate surface area is 94.8 Å². The van der Waals surface area contributed by atoms with Crippen LogP contribution in [0.1, 0.15) is 12.5 Å². The van der Waals surface area contributed by atoms with E-state index in [9.17, 15) is 4.79 Å². The lowest BCUT2D eigenvalue weighted by atomic mass is 10.2. The predicted octanol–water partition coefficient (Wildman–Crippen LogP) is 0.229. The van der Waals surface area contributed by atoms with E-state index in [1.807, 2.05) is 38.2 Å². The molecule has 1 unspecified atom stereocenters. The van der Waals surface area contributed by atoms with E-state index < -0.39 is 0 Å². The van der Waals surface area contributed by atoms with Gasteiger partial charge in [-0.05, 0) is 19.1 Å². The Bertz CT molecular complexity index is 354. The molecule has 3 N–H and O–H groups in total. The fraction of sp³-hybridized carbons (Fsp3) is 0.364. The summed E-state index contributed by atoms with van der Waals surface area (Å²) < 4.78 is 0. The van der Waals surface area contributed by atoms with E-state index >= 15 is 0 Å². The maximum Gasteiger partial charge on any atom is 0.275 e. The summed E-state index contributed by atoms with van der Waals surface area (Å²) >= 11 is 5.87. The molecule has 1 rings (SSSR count). The Morgan fingerprint density at radius 1 is 1.60 bits per heavy atom. The van der Waals surface area contributed by atoms with Crippen molar-refractivity contribution in [2.45, 2.75) is 19.5 Å². The zero-order valence-electron chi connectivity index (χ0n) is 8.96. The maximum absolute atomic E-state index is 11.0. The SMILES string of the molecule is C[C@@H](C(N)=O)[NH+](C)Cc1cccc(Cl)c1. The molecule has 3 nitrogen and oxygen atoms in total. The summed E-state index contributed by atoms with van der Waals surface area (Å²) in [6, 6.07) is 7.43. The topological polar surface area (TPSA) is 47.5 Å². The molecule has 1 amide bonds. The standard InChI is InChI=1S/C11H15ClN2O/c1-8(11(13)15)14(2)7-9-4-3-5-10(12)6-9/h3-6,8H,7H2,1-2H3,(H2,13,15)/p+1/t8-/m0/s1. The number of halogens is 1. The number of rotatable bonds is 4. The summed E-state index contributed by atoms with van der Waals surface area (Å²) in [7, 11) is 1.94. The summed E-state index contributed by atoms with van der Waals surface area (Å²) in [6.07, 6.45) is 0. The fourth-order valence-electron chi connectivity index (χ4n) is 1.36. The van der Waals surface area contributed by atoms with Gasteiger partial charge in [-0.3, -0.25) is 4.79 Å². The molecule has 0 aromatic heterocycles. The number of amides is 1. The first-order valence-corrected chi connectivity index (χ1v) is 5.24. The van der Waals surface area contributed by atoms with Crippen molar-refractivity contribution in [2.75, 3.05) is 7.05 Å². The Kier molecular flexibility index (Phi) is 4.12. The minimum Gasteiger partial charge on any atom is -0.365 e. The van der Waals surface area contributed by atoms with Gasteiger partial charge in [0.25, 0.3) is 5.91 Å². The van der Waals surface area contributed by atoms with Gasteiger partial charge in [0.1, 0.15) is 6.54 Å². The van der Waals surface area contributed by atoms with Crippen LogP contribution in [0.25, 0.3) is 0 Å². The third-order valence-corrected chi connectivity index (χ3v) is 2.77. The summed E-state index contributed by atoms with van der Waals surface area (Å²) in [5.41, 5.74) is 6.34. The highest BCUT2D eigenvalue weighted by Gasteiger charge is 2.18. The highest BCUT2D eigenvalue weighted by Crippen LogP contribution is 2.09. The maximum atomic E-state index is 11.0. The van der Waals surface area contributed by atoms with Crippen LogP contribution in [0.2, 0.25) is 5.02 Å². The molecule has 0 spiro atoms. The molecule has 0 saturated heterocycles. The summed E-state index contributed by atoms with van der Waals surface area (Å²) in [4.78, 5) is 12.0. The summed E-state index contributed by atoms with van der Waals surface area (Å²) in [5.74, 6) is -0.283. The molecule has 82 valence electrons. The van der Waals surface area contributed by atoms with E-state index in [-0.39, 0.29) is 11.9 Å². The van der Waals surface area contributed by atoms with Gasteiger partial charge in [0, 0.05) is 10.6 Å². The number of carbonyl (C=O) groups excluding carboxylic acids is 1. The lowest BCUT2D eigenvalue weighted by Crippen LogP contribution is -3.12. The van der Waals surface area contributed by atoms with Gasteiger partial charge in [-0.25, -0.2) is 0 Å². The molecule has 1 aromatic carbocycles. The van der Waals surface area contributed by atoms with Gasteiger partial charge in [0.2, 0.25) is 0 Å². The molecule has 15 heavy (non-hydrogen) atoms. The molecule has 0 fully saturated rings. The average Bonchev–Trinajstić information content (AvgIpc) is 2.16. The van der Waals surface area contributed by atoms with E-state index in [4.69, 9.17) is 17.3 Å². The van der Waals surface area contributed by atoms with Crippen molar-refractivity contribution in [3.63, 3.8) is 0 Å². The van der Waals surface area contributed by atoms with Crippen LogP contribution in [0.5, 0.6) is 0 Å². The number of nitrogens with one attached hydrogen (secondary N) is 1. The van der Waals surface area contributed by atoms with Gasteiger partial charge in [0.15, 0.2) is 6.04 Å². The molecule has 0 radical (unpaired) electrons. The van der Waals surface area contributed by atoms with Gasteiger partial charge >= 0.3 is 0 Å². The second kappa shape index (κ2) is 5.14. The molecule has 4 heteroatoms. The van der Waals surface area contributed by atoms with Crippen molar-refractivity contribution in [1.82, 2.24) is 0 Å². The van der Waals surface area contributed by atoms with Crippen LogP contribution in [0.15, 0.2) is 24.3 Å². The van der Waals surface area contributed by atoms with Crippen molar-refractivity contribution in [3.05, 3.63) is 34.9 Å². The van der Waals surface area contributed by atoms with Gasteiger partial charge in [-0.2, -0.15) is 0 Å². The molecule has 0 aliphatic heterocycles. The Morgan fingerprint density at radius 3 is 2.80 bits per heavy atom.